The Hall–Kier alpha value is -3.29. The van der Waals surface area contributed by atoms with Crippen molar-refractivity contribution in [3.05, 3.63) is 46.8 Å². The molecule has 1 atom stereocenters. The quantitative estimate of drug-likeness (QED) is 0.573. The van der Waals surface area contributed by atoms with Crippen LogP contribution in [0.5, 0.6) is 11.5 Å². The molecule has 8 nitrogen and oxygen atoms in total. The summed E-state index contributed by atoms with van der Waals surface area (Å²) in [6.07, 6.45) is 3.00. The van der Waals surface area contributed by atoms with Gasteiger partial charge in [-0.15, -0.1) is 0 Å². The Bertz CT molecular complexity index is 1130. The first kappa shape index (κ1) is 20.6. The molecule has 1 saturated carbocycles. The van der Waals surface area contributed by atoms with Gasteiger partial charge in [-0.3, -0.25) is 14.5 Å². The van der Waals surface area contributed by atoms with Gasteiger partial charge in [0.1, 0.15) is 5.54 Å². The second kappa shape index (κ2) is 7.39. The summed E-state index contributed by atoms with van der Waals surface area (Å²) in [5.41, 5.74) is 1.80. The van der Waals surface area contributed by atoms with E-state index in [1.54, 1.807) is 25.1 Å². The van der Waals surface area contributed by atoms with Gasteiger partial charge in [0, 0.05) is 29.4 Å². The van der Waals surface area contributed by atoms with Crippen molar-refractivity contribution in [2.75, 3.05) is 19.8 Å². The van der Waals surface area contributed by atoms with Gasteiger partial charge in [0.2, 0.25) is 0 Å². The SMILES string of the molecule is Cc1cc(C(=O)CN2C(=O)N[C@](C)(c3ccc4c(c3)OCCCO4)C2=O)c(C)n1C1CC1. The van der Waals surface area contributed by atoms with Gasteiger partial charge in [-0.2, -0.15) is 0 Å². The number of hydrogen-bond acceptors (Lipinski definition) is 5. The number of aryl methyl sites for hydroxylation is 1. The summed E-state index contributed by atoms with van der Waals surface area (Å²) in [6, 6.07) is 6.97. The molecule has 2 aliphatic heterocycles. The number of rotatable bonds is 5. The van der Waals surface area contributed by atoms with E-state index in [-0.39, 0.29) is 12.3 Å². The lowest BCUT2D eigenvalue weighted by Crippen LogP contribution is -2.41. The number of benzene rings is 1. The number of ether oxygens (including phenoxy) is 2. The Morgan fingerprint density at radius 2 is 1.84 bits per heavy atom. The first-order chi connectivity index (χ1) is 15.3. The van der Waals surface area contributed by atoms with Crippen molar-refractivity contribution < 1.29 is 23.9 Å². The number of nitrogens with one attached hydrogen (secondary N) is 1. The maximum Gasteiger partial charge on any atom is 0.325 e. The lowest BCUT2D eigenvalue weighted by atomic mass is 9.91. The fraction of sp³-hybridized carbons (Fsp3) is 0.458. The van der Waals surface area contributed by atoms with Crippen LogP contribution in [-0.4, -0.2) is 46.9 Å². The predicted octanol–water partition coefficient (Wildman–Crippen LogP) is 3.25. The molecular weight excluding hydrogens is 410 g/mol. The summed E-state index contributed by atoms with van der Waals surface area (Å²) >= 11 is 0. The van der Waals surface area contributed by atoms with E-state index in [1.165, 1.54) is 0 Å². The number of fused-ring (bicyclic) bond motifs is 1. The van der Waals surface area contributed by atoms with Crippen LogP contribution in [0, 0.1) is 13.8 Å². The zero-order valence-electron chi connectivity index (χ0n) is 18.6. The van der Waals surface area contributed by atoms with E-state index in [2.05, 4.69) is 9.88 Å². The van der Waals surface area contributed by atoms with Crippen LogP contribution in [0.4, 0.5) is 4.79 Å². The molecule has 3 aliphatic rings. The standard InChI is InChI=1S/C24H27N3O5/c1-14-11-18(15(2)27(14)17-6-7-17)19(28)13-26-22(29)24(3,25-23(26)30)16-5-8-20-21(12-16)32-10-4-9-31-20/h5,8,11-12,17H,4,6-7,9-10,13H2,1-3H3,(H,25,30)/t24-/m1/s1. The summed E-state index contributed by atoms with van der Waals surface area (Å²) in [5.74, 6) is 0.466. The zero-order chi connectivity index (χ0) is 22.6. The lowest BCUT2D eigenvalue weighted by Gasteiger charge is -2.23. The van der Waals surface area contributed by atoms with E-state index < -0.39 is 17.5 Å². The number of carbonyl (C=O) groups is 3. The van der Waals surface area contributed by atoms with Gasteiger partial charge in [-0.05, 0) is 57.4 Å². The molecule has 1 N–H and O–H groups in total. The molecule has 1 aliphatic carbocycles. The van der Waals surface area contributed by atoms with E-state index in [0.29, 0.717) is 41.9 Å². The molecule has 8 heteroatoms. The van der Waals surface area contributed by atoms with Crippen molar-refractivity contribution >= 4 is 17.7 Å². The van der Waals surface area contributed by atoms with E-state index in [4.69, 9.17) is 9.47 Å². The third-order valence-electron chi connectivity index (χ3n) is 6.60. The summed E-state index contributed by atoms with van der Waals surface area (Å²) in [6.45, 7) is 6.35. The molecule has 0 bridgehead atoms. The first-order valence-electron chi connectivity index (χ1n) is 11.1. The molecular formula is C24H27N3O5. The molecule has 1 aromatic heterocycles. The zero-order valence-corrected chi connectivity index (χ0v) is 18.6. The van der Waals surface area contributed by atoms with Crippen molar-refractivity contribution in [1.82, 2.24) is 14.8 Å². The molecule has 0 unspecified atom stereocenters. The largest absolute Gasteiger partial charge is 0.490 e. The molecule has 168 valence electrons. The Morgan fingerprint density at radius 3 is 2.56 bits per heavy atom. The summed E-state index contributed by atoms with van der Waals surface area (Å²) < 4.78 is 13.6. The Morgan fingerprint density at radius 1 is 1.12 bits per heavy atom. The van der Waals surface area contributed by atoms with Crippen LogP contribution in [0.1, 0.15) is 59.5 Å². The highest BCUT2D eigenvalue weighted by molar-refractivity contribution is 6.11. The van der Waals surface area contributed by atoms with Gasteiger partial charge in [-0.25, -0.2) is 4.79 Å². The van der Waals surface area contributed by atoms with Gasteiger partial charge in [-0.1, -0.05) is 6.07 Å². The number of Topliss-reactive ketones (excluding diaryl/α,β-unsaturated/α-hetero) is 1. The predicted molar refractivity (Wildman–Crippen MR) is 116 cm³/mol. The number of amides is 3. The Balaban J connectivity index is 1.39. The molecule has 2 fully saturated rings. The molecule has 0 spiro atoms. The van der Waals surface area contributed by atoms with Crippen LogP contribution < -0.4 is 14.8 Å². The fourth-order valence-corrected chi connectivity index (χ4v) is 4.69. The number of nitrogens with zero attached hydrogens (tertiary/aromatic N) is 2. The van der Waals surface area contributed by atoms with Gasteiger partial charge in [0.15, 0.2) is 17.3 Å². The van der Waals surface area contributed by atoms with Gasteiger partial charge < -0.3 is 19.4 Å². The van der Waals surface area contributed by atoms with E-state index >= 15 is 0 Å². The van der Waals surface area contributed by atoms with Crippen molar-refractivity contribution in [3.8, 4) is 11.5 Å². The highest BCUT2D eigenvalue weighted by Crippen LogP contribution is 2.39. The van der Waals surface area contributed by atoms with Crippen LogP contribution in [0.25, 0.3) is 0 Å². The average molecular weight is 437 g/mol. The molecule has 3 amide bonds. The van der Waals surface area contributed by atoms with Gasteiger partial charge >= 0.3 is 6.03 Å². The van der Waals surface area contributed by atoms with E-state index in [1.807, 2.05) is 19.9 Å². The number of imide groups is 1. The molecule has 32 heavy (non-hydrogen) atoms. The van der Waals surface area contributed by atoms with Crippen molar-refractivity contribution in [2.24, 2.45) is 0 Å². The number of aromatic nitrogens is 1. The van der Waals surface area contributed by atoms with Crippen molar-refractivity contribution in [3.63, 3.8) is 0 Å². The smallest absolute Gasteiger partial charge is 0.325 e. The molecule has 0 radical (unpaired) electrons. The molecule has 1 saturated heterocycles. The average Bonchev–Trinajstić information content (AvgIpc) is 3.54. The van der Waals surface area contributed by atoms with Crippen molar-refractivity contribution in [2.45, 2.75) is 51.6 Å². The third-order valence-corrected chi connectivity index (χ3v) is 6.60. The second-order valence-electron chi connectivity index (χ2n) is 8.97. The number of urea groups is 1. The minimum absolute atomic E-state index is 0.239. The number of hydrogen-bond donors (Lipinski definition) is 1. The Labute approximate surface area is 186 Å². The number of ketones is 1. The van der Waals surface area contributed by atoms with E-state index in [9.17, 15) is 14.4 Å². The third kappa shape index (κ3) is 3.25. The minimum atomic E-state index is -1.28. The van der Waals surface area contributed by atoms with Gasteiger partial charge in [0.05, 0.1) is 19.8 Å². The monoisotopic (exact) mass is 437 g/mol. The molecule has 5 rings (SSSR count). The summed E-state index contributed by atoms with van der Waals surface area (Å²) in [5, 5.41) is 2.77. The summed E-state index contributed by atoms with van der Waals surface area (Å²) in [4.78, 5) is 40.2. The highest BCUT2D eigenvalue weighted by Gasteiger charge is 2.50. The summed E-state index contributed by atoms with van der Waals surface area (Å²) in [7, 11) is 0. The van der Waals surface area contributed by atoms with Crippen LogP contribution in [0.3, 0.4) is 0 Å². The first-order valence-corrected chi connectivity index (χ1v) is 11.1. The maximum absolute atomic E-state index is 13.3. The second-order valence-corrected chi connectivity index (χ2v) is 8.97. The number of carbonyl (C=O) groups excluding carboxylic acids is 3. The van der Waals surface area contributed by atoms with Gasteiger partial charge in [0.25, 0.3) is 5.91 Å². The molecule has 3 heterocycles. The van der Waals surface area contributed by atoms with Crippen LogP contribution in [0.15, 0.2) is 24.3 Å². The lowest BCUT2D eigenvalue weighted by molar-refractivity contribution is -0.130. The topological polar surface area (TPSA) is 89.9 Å². The fourth-order valence-electron chi connectivity index (χ4n) is 4.69. The van der Waals surface area contributed by atoms with Crippen LogP contribution >= 0.6 is 0 Å². The molecule has 1 aromatic carbocycles. The normalized spacial score (nSPS) is 22.7. The highest BCUT2D eigenvalue weighted by atomic mass is 16.5. The van der Waals surface area contributed by atoms with Crippen LogP contribution in [-0.2, 0) is 10.3 Å². The minimum Gasteiger partial charge on any atom is -0.490 e. The molecule has 2 aromatic rings. The maximum atomic E-state index is 13.3. The Kier molecular flexibility index (Phi) is 4.76. The van der Waals surface area contributed by atoms with E-state index in [0.717, 1.165) is 35.6 Å². The van der Waals surface area contributed by atoms with Crippen molar-refractivity contribution in [1.29, 1.82) is 0 Å². The van der Waals surface area contributed by atoms with Crippen LogP contribution in [0.2, 0.25) is 0 Å².